The molecule has 4 rings (SSSR count). The van der Waals surface area contributed by atoms with Gasteiger partial charge in [0.1, 0.15) is 5.75 Å². The van der Waals surface area contributed by atoms with Crippen LogP contribution in [0.3, 0.4) is 0 Å². The number of piperidine rings is 1. The van der Waals surface area contributed by atoms with Gasteiger partial charge >= 0.3 is 0 Å². The highest BCUT2D eigenvalue weighted by Gasteiger charge is 2.39. The van der Waals surface area contributed by atoms with Crippen LogP contribution in [0.2, 0.25) is 0 Å². The Hall–Kier alpha value is -2.12. The van der Waals surface area contributed by atoms with Gasteiger partial charge in [-0.25, -0.2) is 0 Å². The number of rotatable bonds is 3. The lowest BCUT2D eigenvalue weighted by atomic mass is 9.72. The Bertz CT molecular complexity index is 801. The van der Waals surface area contributed by atoms with Crippen LogP contribution >= 0.6 is 0 Å². The van der Waals surface area contributed by atoms with Crippen LogP contribution in [0.4, 0.5) is 0 Å². The van der Waals surface area contributed by atoms with Crippen LogP contribution < -0.4 is 10.1 Å². The van der Waals surface area contributed by atoms with Gasteiger partial charge in [0, 0.05) is 32.5 Å². The molecule has 1 saturated carbocycles. The summed E-state index contributed by atoms with van der Waals surface area (Å²) in [5.41, 5.74) is 0.424. The van der Waals surface area contributed by atoms with Crippen molar-refractivity contribution in [3.8, 4) is 5.75 Å². The first-order valence-corrected chi connectivity index (χ1v) is 12.1. The maximum atomic E-state index is 12.7. The number of amides is 2. The number of ether oxygens (including phenoxy) is 1. The molecule has 1 spiro atoms. The first kappa shape index (κ1) is 23.1. The van der Waals surface area contributed by atoms with Gasteiger partial charge in [-0.3, -0.25) is 9.59 Å². The molecule has 3 N–H and O–H groups in total. The van der Waals surface area contributed by atoms with Gasteiger partial charge < -0.3 is 25.2 Å². The van der Waals surface area contributed by atoms with E-state index in [0.717, 1.165) is 17.9 Å². The number of aliphatic hydroxyl groups excluding tert-OH is 2. The Balaban J connectivity index is 1.40. The highest BCUT2D eigenvalue weighted by molar-refractivity contribution is 5.77. The number of aliphatic hydroxyl groups is 2. The molecule has 3 aliphatic rings. The predicted molar refractivity (Wildman–Crippen MR) is 120 cm³/mol. The van der Waals surface area contributed by atoms with Crippen molar-refractivity contribution >= 4 is 11.8 Å². The molecule has 0 aromatic heterocycles. The summed E-state index contributed by atoms with van der Waals surface area (Å²) >= 11 is 0. The first-order valence-electron chi connectivity index (χ1n) is 12.1. The quantitative estimate of drug-likeness (QED) is 0.663. The Morgan fingerprint density at radius 3 is 2.62 bits per heavy atom. The normalized spacial score (nSPS) is 26.7. The number of nitrogens with zero attached hydrogens (tertiary/aromatic N) is 1. The van der Waals surface area contributed by atoms with Crippen LogP contribution in [-0.4, -0.2) is 65.4 Å². The van der Waals surface area contributed by atoms with Crippen molar-refractivity contribution < 1.29 is 24.5 Å². The number of benzene rings is 1. The molecule has 2 fully saturated rings. The molecule has 32 heavy (non-hydrogen) atoms. The number of carbonyl (C=O) groups is 2. The molecule has 0 unspecified atom stereocenters. The van der Waals surface area contributed by atoms with Crippen LogP contribution in [0.15, 0.2) is 24.3 Å². The number of carbonyl (C=O) groups excluding carboxylic acids is 2. The number of likely N-dealkylation sites (tertiary alicyclic amines) is 1. The second-order valence-electron chi connectivity index (χ2n) is 9.93. The van der Waals surface area contributed by atoms with Crippen LogP contribution in [0.1, 0.15) is 56.9 Å². The summed E-state index contributed by atoms with van der Waals surface area (Å²) in [6.07, 6.45) is 5.62. The maximum absolute atomic E-state index is 12.7. The molecule has 2 aliphatic heterocycles. The lowest BCUT2D eigenvalue weighted by molar-refractivity contribution is -0.135. The van der Waals surface area contributed by atoms with E-state index in [-0.39, 0.29) is 30.3 Å². The van der Waals surface area contributed by atoms with Crippen molar-refractivity contribution in [3.05, 3.63) is 29.8 Å². The standard InChI is InChI=1S/C25H36N2O5/c28-20-14-19-6-1-2-7-22(19)32-16-23(30)26-17-25(15-21(20)29)10-12-27(13-11-25)24(31)9-8-18-4-3-5-18/h1-2,6-7,18,20-21,28-29H,3-5,8-17H2,(H,26,30)/t20-,21+/m0/s1. The molecule has 0 radical (unpaired) electrons. The third-order valence-electron chi connectivity index (χ3n) is 7.68. The molecule has 7 nitrogen and oxygen atoms in total. The largest absolute Gasteiger partial charge is 0.483 e. The van der Waals surface area contributed by atoms with E-state index in [0.29, 0.717) is 51.1 Å². The van der Waals surface area contributed by atoms with Crippen molar-refractivity contribution in [1.29, 1.82) is 0 Å². The highest BCUT2D eigenvalue weighted by atomic mass is 16.5. The Labute approximate surface area is 190 Å². The van der Waals surface area contributed by atoms with Crippen LogP contribution in [-0.2, 0) is 16.0 Å². The Kier molecular flexibility index (Phi) is 7.36. The monoisotopic (exact) mass is 444 g/mol. The van der Waals surface area contributed by atoms with E-state index in [4.69, 9.17) is 4.74 Å². The van der Waals surface area contributed by atoms with E-state index in [1.165, 1.54) is 19.3 Å². The second-order valence-corrected chi connectivity index (χ2v) is 9.93. The van der Waals surface area contributed by atoms with Crippen LogP contribution in [0.5, 0.6) is 5.75 Å². The summed E-state index contributed by atoms with van der Waals surface area (Å²) < 4.78 is 5.68. The molecule has 176 valence electrons. The average molecular weight is 445 g/mol. The van der Waals surface area contributed by atoms with Gasteiger partial charge in [-0.05, 0) is 48.6 Å². The Morgan fingerprint density at radius 1 is 1.16 bits per heavy atom. The molecule has 2 atom stereocenters. The van der Waals surface area contributed by atoms with Crippen molar-refractivity contribution in [2.24, 2.45) is 11.3 Å². The van der Waals surface area contributed by atoms with E-state index in [1.54, 1.807) is 6.07 Å². The summed E-state index contributed by atoms with van der Waals surface area (Å²) in [7, 11) is 0. The molecule has 7 heteroatoms. The third-order valence-corrected chi connectivity index (χ3v) is 7.68. The van der Waals surface area contributed by atoms with Crippen molar-refractivity contribution in [2.75, 3.05) is 26.2 Å². The average Bonchev–Trinajstić information content (AvgIpc) is 2.76. The van der Waals surface area contributed by atoms with Crippen molar-refractivity contribution in [1.82, 2.24) is 10.2 Å². The molecular formula is C25H36N2O5. The smallest absolute Gasteiger partial charge is 0.257 e. The maximum Gasteiger partial charge on any atom is 0.257 e. The van der Waals surface area contributed by atoms with Gasteiger partial charge in [0.2, 0.25) is 5.91 Å². The van der Waals surface area contributed by atoms with Gasteiger partial charge in [-0.2, -0.15) is 0 Å². The van der Waals surface area contributed by atoms with Gasteiger partial charge in [0.05, 0.1) is 12.2 Å². The molecule has 2 amide bonds. The van der Waals surface area contributed by atoms with Gasteiger partial charge in [0.15, 0.2) is 6.61 Å². The third kappa shape index (κ3) is 5.62. The molecule has 0 bridgehead atoms. The van der Waals surface area contributed by atoms with E-state index in [2.05, 4.69) is 5.32 Å². The van der Waals surface area contributed by atoms with Gasteiger partial charge in [0.25, 0.3) is 5.91 Å². The van der Waals surface area contributed by atoms with E-state index < -0.39 is 12.2 Å². The summed E-state index contributed by atoms with van der Waals surface area (Å²) in [6, 6.07) is 7.29. The van der Waals surface area contributed by atoms with E-state index >= 15 is 0 Å². The molecular weight excluding hydrogens is 408 g/mol. The summed E-state index contributed by atoms with van der Waals surface area (Å²) in [5, 5.41) is 24.5. The Morgan fingerprint density at radius 2 is 1.91 bits per heavy atom. The second kappa shape index (κ2) is 10.2. The minimum Gasteiger partial charge on any atom is -0.483 e. The van der Waals surface area contributed by atoms with Gasteiger partial charge in [-0.1, -0.05) is 37.5 Å². The minimum absolute atomic E-state index is 0.0858. The summed E-state index contributed by atoms with van der Waals surface area (Å²) in [5.74, 6) is 1.29. The van der Waals surface area contributed by atoms with Crippen molar-refractivity contribution in [2.45, 2.75) is 70.0 Å². The van der Waals surface area contributed by atoms with Gasteiger partial charge in [-0.15, -0.1) is 0 Å². The SMILES string of the molecule is O=C1COc2ccccc2C[C@H](O)[C@H](O)CC2(CCN(C(=O)CCC3CCC3)CC2)CN1. The van der Waals surface area contributed by atoms with Crippen LogP contribution in [0, 0.1) is 11.3 Å². The zero-order valence-electron chi connectivity index (χ0n) is 18.8. The number of hydrogen-bond acceptors (Lipinski definition) is 5. The first-order chi connectivity index (χ1) is 15.4. The minimum atomic E-state index is -0.922. The number of nitrogens with one attached hydrogen (secondary N) is 1. The summed E-state index contributed by atoms with van der Waals surface area (Å²) in [6.45, 7) is 1.57. The lowest BCUT2D eigenvalue weighted by Crippen LogP contribution is -2.51. The van der Waals surface area contributed by atoms with Crippen LogP contribution in [0.25, 0.3) is 0 Å². The molecule has 1 saturated heterocycles. The molecule has 1 aromatic rings. The molecule has 1 aromatic carbocycles. The highest BCUT2D eigenvalue weighted by Crippen LogP contribution is 2.38. The lowest BCUT2D eigenvalue weighted by Gasteiger charge is -2.44. The van der Waals surface area contributed by atoms with Crippen molar-refractivity contribution in [3.63, 3.8) is 0 Å². The summed E-state index contributed by atoms with van der Waals surface area (Å²) in [4.78, 5) is 27.0. The number of hydrogen-bond donors (Lipinski definition) is 3. The fourth-order valence-corrected chi connectivity index (χ4v) is 5.19. The number of fused-ring (bicyclic) bond motifs is 1. The zero-order chi connectivity index (χ0) is 22.6. The molecule has 1 aliphatic carbocycles. The fraction of sp³-hybridized carbons (Fsp3) is 0.680. The number of para-hydroxylation sites is 1. The van der Waals surface area contributed by atoms with E-state index in [9.17, 15) is 19.8 Å². The molecule has 2 heterocycles. The fourth-order valence-electron chi connectivity index (χ4n) is 5.19. The van der Waals surface area contributed by atoms with E-state index in [1.807, 2.05) is 23.1 Å². The predicted octanol–water partition coefficient (Wildman–Crippen LogP) is 2.04. The topological polar surface area (TPSA) is 99.1 Å². The zero-order valence-corrected chi connectivity index (χ0v) is 18.8.